The molecule has 4 aromatic rings. The molecule has 1 atom stereocenters. The highest BCUT2D eigenvalue weighted by Gasteiger charge is 2.38. The van der Waals surface area contributed by atoms with Gasteiger partial charge < -0.3 is 38.6 Å². The second kappa shape index (κ2) is 10.5. The van der Waals surface area contributed by atoms with Crippen LogP contribution in [0.1, 0.15) is 51.9 Å². The standard InChI is InChI=1S/C29H32ClN3O7/c1-13(2)40-19-10-18-22(23-21(29(35)39-7)14(3)31-25(19)23)16(11-30)12-33(18)28(34)17-8-15-9-20(36-4)26(37-5)27(38-6)24(15)32-17/h8-10,13,16,31-32H,11-12H2,1-7H3/t16-/m1/s1. The first kappa shape index (κ1) is 27.5. The lowest BCUT2D eigenvalue weighted by Gasteiger charge is -2.19. The zero-order valence-electron chi connectivity index (χ0n) is 23.5. The highest BCUT2D eigenvalue weighted by Crippen LogP contribution is 2.48. The number of anilines is 1. The number of hydrogen-bond acceptors (Lipinski definition) is 7. The number of hydrogen-bond donors (Lipinski definition) is 2. The van der Waals surface area contributed by atoms with Crippen molar-refractivity contribution in [2.24, 2.45) is 0 Å². The van der Waals surface area contributed by atoms with Crippen LogP contribution in [0.4, 0.5) is 5.69 Å². The van der Waals surface area contributed by atoms with Crippen LogP contribution in [0.25, 0.3) is 21.8 Å². The minimum Gasteiger partial charge on any atom is -0.493 e. The summed E-state index contributed by atoms with van der Waals surface area (Å²) in [6, 6.07) is 5.38. The molecule has 10 nitrogen and oxygen atoms in total. The number of carbonyl (C=O) groups excluding carboxylic acids is 2. The highest BCUT2D eigenvalue weighted by molar-refractivity contribution is 6.20. The third-order valence-electron chi connectivity index (χ3n) is 7.18. The molecule has 0 fully saturated rings. The molecular weight excluding hydrogens is 538 g/mol. The molecule has 0 unspecified atom stereocenters. The largest absolute Gasteiger partial charge is 0.493 e. The average molecular weight is 570 g/mol. The Labute approximate surface area is 236 Å². The minimum atomic E-state index is -0.476. The van der Waals surface area contributed by atoms with Crippen LogP contribution in [0, 0.1) is 6.92 Å². The van der Waals surface area contributed by atoms with Crippen molar-refractivity contribution in [2.45, 2.75) is 32.8 Å². The van der Waals surface area contributed by atoms with E-state index in [4.69, 9.17) is 35.3 Å². The molecule has 0 spiro atoms. The molecule has 11 heteroatoms. The molecule has 0 aliphatic carbocycles. The number of esters is 1. The van der Waals surface area contributed by atoms with Gasteiger partial charge in [-0.15, -0.1) is 11.6 Å². The van der Waals surface area contributed by atoms with Crippen molar-refractivity contribution >= 4 is 51.0 Å². The van der Waals surface area contributed by atoms with Crippen molar-refractivity contribution in [1.82, 2.24) is 9.97 Å². The molecule has 1 aliphatic rings. The minimum absolute atomic E-state index is 0.146. The lowest BCUT2D eigenvalue weighted by atomic mass is 9.95. The van der Waals surface area contributed by atoms with Crippen molar-refractivity contribution in [2.75, 3.05) is 45.8 Å². The summed E-state index contributed by atoms with van der Waals surface area (Å²) in [4.78, 5) is 35.2. The number of nitrogens with zero attached hydrogens (tertiary/aromatic N) is 1. The molecular formula is C29H32ClN3O7. The lowest BCUT2D eigenvalue weighted by molar-refractivity contribution is 0.0602. The first-order valence-corrected chi connectivity index (χ1v) is 13.4. The summed E-state index contributed by atoms with van der Waals surface area (Å²) in [7, 11) is 5.94. The summed E-state index contributed by atoms with van der Waals surface area (Å²) < 4.78 is 27.9. The van der Waals surface area contributed by atoms with Gasteiger partial charge >= 0.3 is 5.97 Å². The van der Waals surface area contributed by atoms with Gasteiger partial charge in [0.2, 0.25) is 5.75 Å². The third kappa shape index (κ3) is 4.18. The van der Waals surface area contributed by atoms with Crippen molar-refractivity contribution in [3.8, 4) is 23.0 Å². The maximum absolute atomic E-state index is 14.1. The molecule has 3 heterocycles. The summed E-state index contributed by atoms with van der Waals surface area (Å²) in [5.41, 5.74) is 4.10. The van der Waals surface area contributed by atoms with E-state index in [0.717, 1.165) is 10.9 Å². The topological polar surface area (TPSA) is 115 Å². The number of carbonyl (C=O) groups is 2. The van der Waals surface area contributed by atoms with Gasteiger partial charge in [-0.1, -0.05) is 0 Å². The van der Waals surface area contributed by atoms with Crippen molar-refractivity contribution in [1.29, 1.82) is 0 Å². The van der Waals surface area contributed by atoms with Gasteiger partial charge in [0.1, 0.15) is 11.4 Å². The summed E-state index contributed by atoms with van der Waals surface area (Å²) in [5.74, 6) is 1.13. The van der Waals surface area contributed by atoms with Crippen molar-refractivity contribution < 1.29 is 33.3 Å². The number of halogens is 1. The number of ether oxygens (including phenoxy) is 5. The SMILES string of the molecule is COC(=O)c1c(C)[nH]c2c(OC(C)C)cc3c(c12)[C@H](CCl)CN3C(=O)c1cc2cc(OC)c(OC)c(OC)c2[nH]1. The van der Waals surface area contributed by atoms with Gasteiger partial charge in [0.05, 0.1) is 56.8 Å². The van der Waals surface area contributed by atoms with Gasteiger partial charge in [-0.25, -0.2) is 4.79 Å². The summed E-state index contributed by atoms with van der Waals surface area (Å²) in [6.07, 6.45) is -0.146. The molecule has 1 aliphatic heterocycles. The Kier molecular flexibility index (Phi) is 7.22. The summed E-state index contributed by atoms with van der Waals surface area (Å²) >= 11 is 6.47. The zero-order valence-corrected chi connectivity index (χ0v) is 24.2. The predicted molar refractivity (Wildman–Crippen MR) is 153 cm³/mol. The number of nitrogens with one attached hydrogen (secondary N) is 2. The lowest BCUT2D eigenvalue weighted by Crippen LogP contribution is -2.30. The van der Waals surface area contributed by atoms with E-state index < -0.39 is 5.97 Å². The Hall–Kier alpha value is -4.05. The maximum atomic E-state index is 14.1. The van der Waals surface area contributed by atoms with E-state index in [0.29, 0.717) is 68.6 Å². The monoisotopic (exact) mass is 569 g/mol. The average Bonchev–Trinajstić information content (AvgIpc) is 3.63. The molecule has 0 radical (unpaired) electrons. The second-order valence-corrected chi connectivity index (χ2v) is 10.2. The Morgan fingerprint density at radius 3 is 2.33 bits per heavy atom. The number of aryl methyl sites for hydroxylation is 1. The number of aromatic nitrogens is 2. The predicted octanol–water partition coefficient (Wildman–Crippen LogP) is 5.54. The number of fused-ring (bicyclic) bond motifs is 4. The maximum Gasteiger partial charge on any atom is 0.340 e. The Morgan fingerprint density at radius 1 is 1.00 bits per heavy atom. The number of H-pyrrole nitrogens is 2. The molecule has 5 rings (SSSR count). The van der Waals surface area contributed by atoms with Crippen molar-refractivity contribution in [3.63, 3.8) is 0 Å². The van der Waals surface area contributed by atoms with E-state index in [1.54, 1.807) is 17.0 Å². The van der Waals surface area contributed by atoms with E-state index in [1.165, 1.54) is 28.4 Å². The Bertz CT molecular complexity index is 1640. The van der Waals surface area contributed by atoms with Gasteiger partial charge in [-0.2, -0.15) is 0 Å². The first-order chi connectivity index (χ1) is 19.2. The second-order valence-electron chi connectivity index (χ2n) is 9.90. The van der Waals surface area contributed by atoms with Crippen LogP contribution in [-0.2, 0) is 4.74 Å². The van der Waals surface area contributed by atoms with Gasteiger partial charge in [0, 0.05) is 40.9 Å². The Balaban J connectivity index is 1.71. The molecule has 40 heavy (non-hydrogen) atoms. The quantitative estimate of drug-likeness (QED) is 0.211. The van der Waals surface area contributed by atoms with Crippen molar-refractivity contribution in [3.05, 3.63) is 40.7 Å². The number of methoxy groups -OCH3 is 4. The number of amides is 1. The van der Waals surface area contributed by atoms with Crippen LogP contribution in [0.3, 0.4) is 0 Å². The first-order valence-electron chi connectivity index (χ1n) is 12.8. The van der Waals surface area contributed by atoms with E-state index in [9.17, 15) is 9.59 Å². The molecule has 0 bridgehead atoms. The highest BCUT2D eigenvalue weighted by atomic mass is 35.5. The van der Waals surface area contributed by atoms with Gasteiger partial charge in [0.25, 0.3) is 5.91 Å². The van der Waals surface area contributed by atoms with E-state index in [-0.39, 0.29) is 23.8 Å². The van der Waals surface area contributed by atoms with Crippen LogP contribution >= 0.6 is 11.6 Å². The van der Waals surface area contributed by atoms with Crippen LogP contribution in [0.2, 0.25) is 0 Å². The number of rotatable bonds is 8. The third-order valence-corrected chi connectivity index (χ3v) is 7.56. The molecule has 212 valence electrons. The summed E-state index contributed by atoms with van der Waals surface area (Å²) in [5, 5.41) is 1.38. The van der Waals surface area contributed by atoms with Gasteiger partial charge in [-0.3, -0.25) is 4.79 Å². The molecule has 0 saturated carbocycles. The van der Waals surface area contributed by atoms with Gasteiger partial charge in [-0.05, 0) is 38.5 Å². The van der Waals surface area contributed by atoms with E-state index >= 15 is 0 Å². The van der Waals surface area contributed by atoms with Crippen LogP contribution in [0.5, 0.6) is 23.0 Å². The van der Waals surface area contributed by atoms with E-state index in [1.807, 2.05) is 26.8 Å². The number of alkyl halides is 1. The molecule has 2 aromatic heterocycles. The fraction of sp³-hybridized carbons (Fsp3) is 0.379. The molecule has 2 aromatic carbocycles. The molecule has 2 N–H and O–H groups in total. The normalized spacial score (nSPS) is 14.6. The fourth-order valence-corrected chi connectivity index (χ4v) is 5.81. The Morgan fingerprint density at radius 2 is 1.73 bits per heavy atom. The molecule has 1 amide bonds. The summed E-state index contributed by atoms with van der Waals surface area (Å²) in [6.45, 7) is 5.97. The van der Waals surface area contributed by atoms with Crippen LogP contribution in [-0.4, -0.2) is 68.8 Å². The zero-order chi connectivity index (χ0) is 28.9. The molecule has 0 saturated heterocycles. The number of aromatic amines is 2. The number of benzene rings is 2. The van der Waals surface area contributed by atoms with Crippen LogP contribution < -0.4 is 23.8 Å². The smallest absolute Gasteiger partial charge is 0.340 e. The van der Waals surface area contributed by atoms with E-state index in [2.05, 4.69) is 9.97 Å². The van der Waals surface area contributed by atoms with Gasteiger partial charge in [0.15, 0.2) is 11.5 Å². The van der Waals surface area contributed by atoms with Crippen LogP contribution in [0.15, 0.2) is 18.2 Å². The fourth-order valence-electron chi connectivity index (χ4n) is 5.56.